The van der Waals surface area contributed by atoms with Gasteiger partial charge >= 0.3 is 6.18 Å². The third-order valence-electron chi connectivity index (χ3n) is 4.77. The summed E-state index contributed by atoms with van der Waals surface area (Å²) in [5.74, 6) is -0.226. The molecular formula is C19H19BrF3N3O3S. The number of hydrogen-bond donors (Lipinski definition) is 2. The predicted molar refractivity (Wildman–Crippen MR) is 109 cm³/mol. The number of piperidine rings is 1. The number of hydrogen-bond acceptors (Lipinski definition) is 4. The molecule has 1 aliphatic rings. The molecule has 1 amide bonds. The van der Waals surface area contributed by atoms with E-state index in [-0.39, 0.29) is 36.3 Å². The Morgan fingerprint density at radius 2 is 1.80 bits per heavy atom. The summed E-state index contributed by atoms with van der Waals surface area (Å²) in [4.78, 5) is 13.3. The van der Waals surface area contributed by atoms with Gasteiger partial charge in [-0.15, -0.1) is 0 Å². The normalized spacial score (nSPS) is 15.9. The maximum absolute atomic E-state index is 13.3. The molecule has 0 spiro atoms. The molecule has 0 bridgehead atoms. The molecule has 0 atom stereocenters. The molecule has 1 saturated heterocycles. The monoisotopic (exact) mass is 505 g/mol. The van der Waals surface area contributed by atoms with Crippen molar-refractivity contribution in [2.45, 2.75) is 30.0 Å². The summed E-state index contributed by atoms with van der Waals surface area (Å²) in [6.45, 7) is 0.542. The summed E-state index contributed by atoms with van der Waals surface area (Å²) in [5, 5.41) is 0. The number of carbonyl (C=O) groups is 1. The zero-order valence-electron chi connectivity index (χ0n) is 15.6. The first kappa shape index (κ1) is 22.6. The lowest BCUT2D eigenvalue weighted by Gasteiger charge is -2.32. The van der Waals surface area contributed by atoms with Crippen LogP contribution < -0.4 is 10.5 Å². The summed E-state index contributed by atoms with van der Waals surface area (Å²) in [7, 11) is -4.40. The van der Waals surface area contributed by atoms with Crippen LogP contribution in [0.1, 0.15) is 28.8 Å². The van der Waals surface area contributed by atoms with Crippen LogP contribution in [0.2, 0.25) is 0 Å². The first-order valence-electron chi connectivity index (χ1n) is 9.01. The van der Waals surface area contributed by atoms with Gasteiger partial charge in [-0.05, 0) is 49.2 Å². The Kier molecular flexibility index (Phi) is 6.44. The molecule has 0 saturated carbocycles. The van der Waals surface area contributed by atoms with Crippen LogP contribution in [0.3, 0.4) is 0 Å². The quantitative estimate of drug-likeness (QED) is 0.620. The lowest BCUT2D eigenvalue weighted by Crippen LogP contribution is -2.46. The summed E-state index contributed by atoms with van der Waals surface area (Å²) >= 11 is 2.94. The van der Waals surface area contributed by atoms with Crippen LogP contribution in [0, 0.1) is 0 Å². The number of halogens is 4. The average Bonchev–Trinajstić information content (AvgIpc) is 2.67. The Morgan fingerprint density at radius 3 is 2.40 bits per heavy atom. The molecule has 0 aromatic heterocycles. The molecule has 1 heterocycles. The van der Waals surface area contributed by atoms with Crippen LogP contribution in [0.4, 0.5) is 18.9 Å². The molecule has 3 N–H and O–H groups in total. The zero-order valence-corrected chi connectivity index (χ0v) is 18.0. The lowest BCUT2D eigenvalue weighted by atomic mass is 10.0. The number of nitrogens with two attached hydrogens (primary N) is 1. The van der Waals surface area contributed by atoms with Crippen LogP contribution in [0.15, 0.2) is 51.8 Å². The fraction of sp³-hybridized carbons (Fsp3) is 0.316. The van der Waals surface area contributed by atoms with Gasteiger partial charge in [0.2, 0.25) is 10.0 Å². The molecule has 162 valence electrons. The lowest BCUT2D eigenvalue weighted by molar-refractivity contribution is -0.139. The Labute approximate surface area is 180 Å². The molecule has 0 unspecified atom stereocenters. The highest BCUT2D eigenvalue weighted by molar-refractivity contribution is 9.10. The van der Waals surface area contributed by atoms with Crippen molar-refractivity contribution >= 4 is 37.5 Å². The summed E-state index contributed by atoms with van der Waals surface area (Å²) in [6.07, 6.45) is -4.25. The van der Waals surface area contributed by atoms with Crippen LogP contribution in [0.5, 0.6) is 0 Å². The van der Waals surface area contributed by atoms with E-state index in [1.165, 1.54) is 6.07 Å². The van der Waals surface area contributed by atoms with Crippen LogP contribution in [-0.2, 0) is 16.2 Å². The van der Waals surface area contributed by atoms with E-state index in [0.29, 0.717) is 11.3 Å². The maximum Gasteiger partial charge on any atom is 0.417 e. The second-order valence-corrected chi connectivity index (χ2v) is 9.55. The van der Waals surface area contributed by atoms with E-state index in [0.717, 1.165) is 12.1 Å². The minimum atomic E-state index is -4.82. The number of anilines is 1. The fourth-order valence-corrected chi connectivity index (χ4v) is 5.17. The van der Waals surface area contributed by atoms with Crippen molar-refractivity contribution < 1.29 is 26.4 Å². The molecule has 6 nitrogen and oxygen atoms in total. The highest BCUT2D eigenvalue weighted by atomic mass is 79.9. The average molecular weight is 506 g/mol. The van der Waals surface area contributed by atoms with Crippen molar-refractivity contribution in [1.29, 1.82) is 0 Å². The second-order valence-electron chi connectivity index (χ2n) is 6.95. The number of rotatable bonds is 4. The van der Waals surface area contributed by atoms with Crippen molar-refractivity contribution in [3.63, 3.8) is 0 Å². The number of carbonyl (C=O) groups excluding carboxylic acids is 1. The van der Waals surface area contributed by atoms with Crippen LogP contribution in [-0.4, -0.2) is 38.4 Å². The number of amides is 1. The molecule has 30 heavy (non-hydrogen) atoms. The second kappa shape index (κ2) is 8.56. The van der Waals surface area contributed by atoms with Gasteiger partial charge in [0.25, 0.3) is 5.91 Å². The molecular weight excluding hydrogens is 487 g/mol. The van der Waals surface area contributed by atoms with Gasteiger partial charge in [0.1, 0.15) is 0 Å². The third-order valence-corrected chi connectivity index (χ3v) is 6.85. The van der Waals surface area contributed by atoms with Crippen molar-refractivity contribution in [1.82, 2.24) is 9.62 Å². The molecule has 11 heteroatoms. The zero-order chi connectivity index (χ0) is 22.1. The summed E-state index contributed by atoms with van der Waals surface area (Å²) < 4.78 is 67.6. The number of nitrogen functional groups attached to an aromatic ring is 1. The van der Waals surface area contributed by atoms with Crippen molar-refractivity contribution in [3.05, 3.63) is 58.1 Å². The van der Waals surface area contributed by atoms with E-state index in [9.17, 15) is 26.4 Å². The summed E-state index contributed by atoms with van der Waals surface area (Å²) in [5.41, 5.74) is 5.34. The van der Waals surface area contributed by atoms with E-state index in [4.69, 9.17) is 5.73 Å². The third kappa shape index (κ3) is 5.13. The molecule has 2 aromatic rings. The van der Waals surface area contributed by atoms with Gasteiger partial charge in [0.15, 0.2) is 0 Å². The summed E-state index contributed by atoms with van der Waals surface area (Å²) in [6, 6.07) is 8.86. The first-order chi connectivity index (χ1) is 14.0. The number of likely N-dealkylation sites (tertiary alicyclic amines) is 1. The number of nitrogens with one attached hydrogen (secondary N) is 1. The highest BCUT2D eigenvalue weighted by Gasteiger charge is 2.38. The topological polar surface area (TPSA) is 92.5 Å². The standard InChI is InChI=1S/C19H19BrF3N3O3S/c20-13-4-5-17(16(11-13)19(21,22)23)30(28,29)25-15-6-8-26(9-7-15)18(27)12-2-1-3-14(24)10-12/h1-5,10-11,15,25H,6-9,24H2. The molecule has 2 aromatic carbocycles. The van der Waals surface area contributed by atoms with Gasteiger partial charge in [-0.2, -0.15) is 13.2 Å². The van der Waals surface area contributed by atoms with Crippen molar-refractivity contribution in [2.24, 2.45) is 0 Å². The first-order valence-corrected chi connectivity index (χ1v) is 11.3. The Hall–Kier alpha value is -2.11. The van der Waals surface area contributed by atoms with Crippen LogP contribution >= 0.6 is 15.9 Å². The van der Waals surface area contributed by atoms with Gasteiger partial charge in [0.05, 0.1) is 10.5 Å². The number of nitrogens with zero attached hydrogens (tertiary/aromatic N) is 1. The fourth-order valence-electron chi connectivity index (χ4n) is 3.30. The molecule has 0 radical (unpaired) electrons. The van der Waals surface area contributed by atoms with E-state index in [1.807, 2.05) is 0 Å². The van der Waals surface area contributed by atoms with E-state index in [2.05, 4.69) is 20.7 Å². The Balaban J connectivity index is 1.70. The number of sulfonamides is 1. The van der Waals surface area contributed by atoms with Gasteiger partial charge < -0.3 is 10.6 Å². The Bertz CT molecular complexity index is 1050. The highest BCUT2D eigenvalue weighted by Crippen LogP contribution is 2.36. The molecule has 1 fully saturated rings. The maximum atomic E-state index is 13.3. The largest absolute Gasteiger partial charge is 0.417 e. The molecule has 1 aliphatic heterocycles. The van der Waals surface area contributed by atoms with Gasteiger partial charge in [0, 0.05) is 34.9 Å². The minimum Gasteiger partial charge on any atom is -0.399 e. The number of alkyl halides is 3. The molecule has 3 rings (SSSR count). The SMILES string of the molecule is Nc1cccc(C(=O)N2CCC(NS(=O)(=O)c3ccc(Br)cc3C(F)(F)F)CC2)c1. The predicted octanol–water partition coefficient (Wildman–Crippen LogP) is 3.63. The van der Waals surface area contributed by atoms with Crippen molar-refractivity contribution in [2.75, 3.05) is 18.8 Å². The van der Waals surface area contributed by atoms with E-state index in [1.54, 1.807) is 29.2 Å². The van der Waals surface area contributed by atoms with E-state index < -0.39 is 32.7 Å². The van der Waals surface area contributed by atoms with E-state index >= 15 is 0 Å². The number of benzene rings is 2. The van der Waals surface area contributed by atoms with Crippen LogP contribution in [0.25, 0.3) is 0 Å². The van der Waals surface area contributed by atoms with Gasteiger partial charge in [-0.1, -0.05) is 22.0 Å². The minimum absolute atomic E-state index is 0.127. The van der Waals surface area contributed by atoms with Crippen molar-refractivity contribution in [3.8, 4) is 0 Å². The van der Waals surface area contributed by atoms with Gasteiger partial charge in [-0.25, -0.2) is 13.1 Å². The smallest absolute Gasteiger partial charge is 0.399 e. The molecule has 0 aliphatic carbocycles. The Morgan fingerprint density at radius 1 is 1.13 bits per heavy atom. The van der Waals surface area contributed by atoms with Gasteiger partial charge in [-0.3, -0.25) is 4.79 Å².